The molecule has 1 N–H and O–H groups in total. The average molecular weight is 230 g/mol. The molecule has 0 aliphatic carbocycles. The molecule has 0 aromatic heterocycles. The quantitative estimate of drug-likeness (QED) is 0.698. The summed E-state index contributed by atoms with van der Waals surface area (Å²) in [6.07, 6.45) is 3.81. The zero-order chi connectivity index (χ0) is 11.1. The van der Waals surface area contributed by atoms with Crippen LogP contribution in [0.15, 0.2) is 0 Å². The fourth-order valence-corrected chi connectivity index (χ4v) is 2.30. The molecule has 0 bridgehead atoms. The van der Waals surface area contributed by atoms with Crippen molar-refractivity contribution in [2.24, 2.45) is 0 Å². The molecule has 3 nitrogen and oxygen atoms in total. The van der Waals surface area contributed by atoms with Gasteiger partial charge in [-0.15, -0.1) is 0 Å². The van der Waals surface area contributed by atoms with Crippen LogP contribution in [0, 0.1) is 0 Å². The van der Waals surface area contributed by atoms with E-state index in [9.17, 15) is 4.79 Å². The van der Waals surface area contributed by atoms with Gasteiger partial charge in [-0.25, -0.2) is 0 Å². The summed E-state index contributed by atoms with van der Waals surface area (Å²) in [5.41, 5.74) is 0. The molecule has 1 amide bonds. The van der Waals surface area contributed by atoms with E-state index in [0.29, 0.717) is 18.2 Å². The third kappa shape index (κ3) is 4.03. The van der Waals surface area contributed by atoms with Crippen molar-refractivity contribution in [3.05, 3.63) is 0 Å². The van der Waals surface area contributed by atoms with E-state index >= 15 is 0 Å². The highest BCUT2D eigenvalue weighted by Crippen LogP contribution is 2.13. The van der Waals surface area contributed by atoms with Gasteiger partial charge in [0, 0.05) is 19.0 Å². The molecule has 4 heteroatoms. The van der Waals surface area contributed by atoms with E-state index in [0.717, 1.165) is 38.9 Å². The molecule has 1 rings (SSSR count). The minimum Gasteiger partial charge on any atom is -0.340 e. The minimum atomic E-state index is 0.277. The zero-order valence-electron chi connectivity index (χ0n) is 9.54. The SMILES string of the molecule is CCCN(C(=O)CCS)C1CCNCC1. The summed E-state index contributed by atoms with van der Waals surface area (Å²) >= 11 is 4.13. The lowest BCUT2D eigenvalue weighted by Gasteiger charge is -2.34. The van der Waals surface area contributed by atoms with Gasteiger partial charge in [0.1, 0.15) is 0 Å². The summed E-state index contributed by atoms with van der Waals surface area (Å²) in [5.74, 6) is 0.933. The summed E-state index contributed by atoms with van der Waals surface area (Å²) in [6.45, 7) is 5.11. The normalized spacial score (nSPS) is 17.7. The number of carbonyl (C=O) groups excluding carboxylic acids is 1. The molecule has 0 spiro atoms. The second kappa shape index (κ2) is 7.12. The highest BCUT2D eigenvalue weighted by Gasteiger charge is 2.23. The maximum Gasteiger partial charge on any atom is 0.223 e. The van der Waals surface area contributed by atoms with Gasteiger partial charge in [0.2, 0.25) is 5.91 Å². The van der Waals surface area contributed by atoms with Gasteiger partial charge in [-0.3, -0.25) is 4.79 Å². The van der Waals surface area contributed by atoms with E-state index in [2.05, 4.69) is 29.8 Å². The van der Waals surface area contributed by atoms with Gasteiger partial charge in [0.15, 0.2) is 0 Å². The number of hydrogen-bond donors (Lipinski definition) is 2. The van der Waals surface area contributed by atoms with Crippen LogP contribution in [-0.4, -0.2) is 42.2 Å². The Morgan fingerprint density at radius 2 is 2.13 bits per heavy atom. The van der Waals surface area contributed by atoms with Gasteiger partial charge in [-0.05, 0) is 38.1 Å². The second-order valence-electron chi connectivity index (χ2n) is 4.04. The molecule has 0 saturated carbocycles. The molecular formula is C11H22N2OS. The van der Waals surface area contributed by atoms with Crippen molar-refractivity contribution in [2.45, 2.75) is 38.6 Å². The highest BCUT2D eigenvalue weighted by molar-refractivity contribution is 7.80. The number of carbonyl (C=O) groups is 1. The molecule has 1 fully saturated rings. The summed E-state index contributed by atoms with van der Waals surface area (Å²) in [4.78, 5) is 14.0. The molecule has 0 radical (unpaired) electrons. The molecule has 0 unspecified atom stereocenters. The van der Waals surface area contributed by atoms with Crippen LogP contribution in [0.2, 0.25) is 0 Å². The van der Waals surface area contributed by atoms with Crippen molar-refractivity contribution < 1.29 is 4.79 Å². The Kier molecular flexibility index (Phi) is 6.10. The molecule has 0 atom stereocenters. The Balaban J connectivity index is 2.50. The van der Waals surface area contributed by atoms with E-state index in [1.165, 1.54) is 0 Å². The van der Waals surface area contributed by atoms with Gasteiger partial charge in [-0.1, -0.05) is 6.92 Å². The maximum atomic E-state index is 11.9. The molecule has 1 aliphatic heterocycles. The predicted octanol–water partition coefficient (Wildman–Crippen LogP) is 1.30. The van der Waals surface area contributed by atoms with Crippen LogP contribution in [0.1, 0.15) is 32.6 Å². The number of rotatable bonds is 5. The Labute approximate surface area is 98.0 Å². The third-order valence-electron chi connectivity index (χ3n) is 2.86. The first kappa shape index (κ1) is 12.8. The zero-order valence-corrected chi connectivity index (χ0v) is 10.4. The Bertz CT molecular complexity index is 193. The van der Waals surface area contributed by atoms with Gasteiger partial charge >= 0.3 is 0 Å². The molecular weight excluding hydrogens is 208 g/mol. The van der Waals surface area contributed by atoms with Crippen LogP contribution in [0.4, 0.5) is 0 Å². The van der Waals surface area contributed by atoms with Crippen LogP contribution in [0.5, 0.6) is 0 Å². The Hall–Kier alpha value is -0.220. The van der Waals surface area contributed by atoms with E-state index in [1.807, 2.05) is 0 Å². The number of piperidine rings is 1. The lowest BCUT2D eigenvalue weighted by atomic mass is 10.0. The fraction of sp³-hybridized carbons (Fsp3) is 0.909. The van der Waals surface area contributed by atoms with Crippen LogP contribution >= 0.6 is 12.6 Å². The fourth-order valence-electron chi connectivity index (χ4n) is 2.11. The third-order valence-corrected chi connectivity index (χ3v) is 3.08. The summed E-state index contributed by atoms with van der Waals surface area (Å²) in [5, 5.41) is 3.33. The number of amides is 1. The van der Waals surface area contributed by atoms with Crippen molar-refractivity contribution in [3.63, 3.8) is 0 Å². The van der Waals surface area contributed by atoms with E-state index in [-0.39, 0.29) is 5.91 Å². The lowest BCUT2D eigenvalue weighted by Crippen LogP contribution is -2.46. The van der Waals surface area contributed by atoms with Gasteiger partial charge < -0.3 is 10.2 Å². The molecule has 88 valence electrons. The first-order chi connectivity index (χ1) is 7.29. The van der Waals surface area contributed by atoms with Crippen molar-refractivity contribution in [1.29, 1.82) is 0 Å². The molecule has 1 aliphatic rings. The van der Waals surface area contributed by atoms with Crippen molar-refractivity contribution in [1.82, 2.24) is 10.2 Å². The predicted molar refractivity (Wildman–Crippen MR) is 66.4 cm³/mol. The van der Waals surface area contributed by atoms with Crippen molar-refractivity contribution in [2.75, 3.05) is 25.4 Å². The van der Waals surface area contributed by atoms with Crippen LogP contribution in [0.3, 0.4) is 0 Å². The number of thiol groups is 1. The lowest BCUT2D eigenvalue weighted by molar-refractivity contribution is -0.133. The molecule has 15 heavy (non-hydrogen) atoms. The molecule has 0 aromatic carbocycles. The molecule has 1 saturated heterocycles. The van der Waals surface area contributed by atoms with Crippen molar-refractivity contribution in [3.8, 4) is 0 Å². The number of nitrogens with one attached hydrogen (secondary N) is 1. The van der Waals surface area contributed by atoms with Crippen molar-refractivity contribution >= 4 is 18.5 Å². The highest BCUT2D eigenvalue weighted by atomic mass is 32.1. The first-order valence-corrected chi connectivity index (χ1v) is 6.54. The largest absolute Gasteiger partial charge is 0.340 e. The summed E-state index contributed by atoms with van der Waals surface area (Å²) in [6, 6.07) is 0.457. The van der Waals surface area contributed by atoms with Crippen LogP contribution < -0.4 is 5.32 Å². The van der Waals surface area contributed by atoms with Gasteiger partial charge in [0.05, 0.1) is 0 Å². The maximum absolute atomic E-state index is 11.9. The minimum absolute atomic E-state index is 0.277. The van der Waals surface area contributed by atoms with E-state index in [4.69, 9.17) is 0 Å². The van der Waals surface area contributed by atoms with Gasteiger partial charge in [0.25, 0.3) is 0 Å². The topological polar surface area (TPSA) is 32.3 Å². The van der Waals surface area contributed by atoms with Crippen LogP contribution in [-0.2, 0) is 4.79 Å². The smallest absolute Gasteiger partial charge is 0.223 e. The standard InChI is InChI=1S/C11H22N2OS/c1-2-8-13(11(14)5-9-15)10-3-6-12-7-4-10/h10,12,15H,2-9H2,1H3. The van der Waals surface area contributed by atoms with E-state index in [1.54, 1.807) is 0 Å². The Morgan fingerprint density at radius 1 is 1.47 bits per heavy atom. The molecule has 0 aromatic rings. The first-order valence-electron chi connectivity index (χ1n) is 5.90. The number of nitrogens with zero attached hydrogens (tertiary/aromatic N) is 1. The molecule has 1 heterocycles. The van der Waals surface area contributed by atoms with E-state index < -0.39 is 0 Å². The monoisotopic (exact) mass is 230 g/mol. The average Bonchev–Trinajstić information content (AvgIpc) is 2.27. The number of hydrogen-bond acceptors (Lipinski definition) is 3. The van der Waals surface area contributed by atoms with Gasteiger partial charge in [-0.2, -0.15) is 12.6 Å². The summed E-state index contributed by atoms with van der Waals surface area (Å²) in [7, 11) is 0. The second-order valence-corrected chi connectivity index (χ2v) is 4.49. The summed E-state index contributed by atoms with van der Waals surface area (Å²) < 4.78 is 0. The van der Waals surface area contributed by atoms with Crippen LogP contribution in [0.25, 0.3) is 0 Å². The Morgan fingerprint density at radius 3 is 2.67 bits per heavy atom.